The summed E-state index contributed by atoms with van der Waals surface area (Å²) >= 11 is 12.1. The maximum Gasteiger partial charge on any atom is 0.156 e. The number of halogens is 3. The second-order valence-corrected chi connectivity index (χ2v) is 5.73. The monoisotopic (exact) mass is 338 g/mol. The van der Waals surface area contributed by atoms with Crippen molar-refractivity contribution in [1.29, 1.82) is 0 Å². The molecule has 1 N–H and O–H groups in total. The van der Waals surface area contributed by atoms with Crippen LogP contribution in [0.4, 0.5) is 0 Å². The molecule has 1 aromatic rings. The van der Waals surface area contributed by atoms with E-state index in [1.54, 1.807) is 12.1 Å². The van der Waals surface area contributed by atoms with Crippen molar-refractivity contribution in [1.82, 2.24) is 10.2 Å². The van der Waals surface area contributed by atoms with Gasteiger partial charge in [-0.1, -0.05) is 29.3 Å². The Kier molecular flexibility index (Phi) is 8.00. The second-order valence-electron chi connectivity index (χ2n) is 4.91. The molecular weight excluding hydrogens is 319 g/mol. The molecule has 0 amide bonds. The van der Waals surface area contributed by atoms with Gasteiger partial charge in [-0.05, 0) is 44.6 Å². The lowest BCUT2D eigenvalue weighted by Gasteiger charge is -2.17. The number of nitrogens with one attached hydrogen (secondary N) is 1. The molecule has 1 fully saturated rings. The Morgan fingerprint density at radius 2 is 2.05 bits per heavy atom. The molecule has 0 bridgehead atoms. The molecule has 1 aliphatic heterocycles. The molecule has 0 saturated carbocycles. The first-order valence-corrected chi connectivity index (χ1v) is 7.40. The van der Waals surface area contributed by atoms with Gasteiger partial charge in [0, 0.05) is 13.1 Å². The van der Waals surface area contributed by atoms with E-state index >= 15 is 0 Å². The van der Waals surface area contributed by atoms with Gasteiger partial charge < -0.3 is 10.1 Å². The fraction of sp³-hybridized carbons (Fsp3) is 0.571. The van der Waals surface area contributed by atoms with E-state index in [-0.39, 0.29) is 12.4 Å². The van der Waals surface area contributed by atoms with Gasteiger partial charge in [-0.2, -0.15) is 0 Å². The normalized spacial score (nSPS) is 18.9. The highest BCUT2D eigenvalue weighted by Gasteiger charge is 2.21. The number of hydrogen-bond donors (Lipinski definition) is 1. The van der Waals surface area contributed by atoms with Crippen molar-refractivity contribution in [3.8, 4) is 5.75 Å². The van der Waals surface area contributed by atoms with Crippen molar-refractivity contribution in [2.45, 2.75) is 6.42 Å². The van der Waals surface area contributed by atoms with Crippen molar-refractivity contribution >= 4 is 35.6 Å². The largest absolute Gasteiger partial charge is 0.489 e. The van der Waals surface area contributed by atoms with E-state index in [0.717, 1.165) is 32.1 Å². The zero-order chi connectivity index (χ0) is 13.7. The molecule has 0 aromatic heterocycles. The van der Waals surface area contributed by atoms with E-state index in [0.29, 0.717) is 22.4 Å². The van der Waals surface area contributed by atoms with E-state index in [4.69, 9.17) is 27.9 Å². The van der Waals surface area contributed by atoms with Crippen LogP contribution in [-0.2, 0) is 0 Å². The van der Waals surface area contributed by atoms with Crippen molar-refractivity contribution < 1.29 is 4.74 Å². The number of likely N-dealkylation sites (tertiary alicyclic amines) is 1. The molecule has 0 radical (unpaired) electrons. The van der Waals surface area contributed by atoms with Gasteiger partial charge in [-0.25, -0.2) is 0 Å². The SMILES string of the molecule is CNCC1CCN(CCOc2c(Cl)cccc2Cl)C1.Cl. The third-order valence-corrected chi connectivity index (χ3v) is 4.03. The summed E-state index contributed by atoms with van der Waals surface area (Å²) in [5.74, 6) is 1.35. The van der Waals surface area contributed by atoms with Crippen LogP contribution in [0.25, 0.3) is 0 Å². The molecule has 3 nitrogen and oxygen atoms in total. The van der Waals surface area contributed by atoms with Crippen LogP contribution in [0.3, 0.4) is 0 Å². The van der Waals surface area contributed by atoms with Crippen molar-refractivity contribution in [3.63, 3.8) is 0 Å². The fourth-order valence-corrected chi connectivity index (χ4v) is 2.98. The number of ether oxygens (including phenoxy) is 1. The molecule has 1 aliphatic rings. The van der Waals surface area contributed by atoms with Crippen LogP contribution in [0, 0.1) is 5.92 Å². The molecule has 20 heavy (non-hydrogen) atoms. The minimum Gasteiger partial charge on any atom is -0.489 e. The molecule has 1 unspecified atom stereocenters. The van der Waals surface area contributed by atoms with E-state index in [9.17, 15) is 0 Å². The lowest BCUT2D eigenvalue weighted by Crippen LogP contribution is -2.28. The van der Waals surface area contributed by atoms with E-state index in [1.165, 1.54) is 6.42 Å². The Labute approximate surface area is 137 Å². The quantitative estimate of drug-likeness (QED) is 0.860. The number of hydrogen-bond acceptors (Lipinski definition) is 3. The summed E-state index contributed by atoms with van der Waals surface area (Å²) in [6.45, 7) is 4.91. The van der Waals surface area contributed by atoms with E-state index < -0.39 is 0 Å². The molecule has 0 spiro atoms. The summed E-state index contributed by atoms with van der Waals surface area (Å²) in [6.07, 6.45) is 1.26. The summed E-state index contributed by atoms with van der Waals surface area (Å²) in [4.78, 5) is 2.42. The third kappa shape index (κ3) is 4.97. The highest BCUT2D eigenvalue weighted by Crippen LogP contribution is 2.32. The minimum atomic E-state index is 0. The second kappa shape index (κ2) is 8.96. The molecule has 6 heteroatoms. The first-order valence-electron chi connectivity index (χ1n) is 6.64. The summed E-state index contributed by atoms with van der Waals surface area (Å²) in [5, 5.41) is 4.38. The van der Waals surface area contributed by atoms with E-state index in [2.05, 4.69) is 10.2 Å². The topological polar surface area (TPSA) is 24.5 Å². The maximum atomic E-state index is 6.06. The van der Waals surface area contributed by atoms with E-state index in [1.807, 2.05) is 13.1 Å². The van der Waals surface area contributed by atoms with Gasteiger partial charge in [0.2, 0.25) is 0 Å². The van der Waals surface area contributed by atoms with Crippen LogP contribution in [0.15, 0.2) is 18.2 Å². The Bertz CT molecular complexity index is 397. The van der Waals surface area contributed by atoms with Crippen LogP contribution >= 0.6 is 35.6 Å². The molecule has 1 aromatic carbocycles. The first-order chi connectivity index (χ1) is 9.20. The Morgan fingerprint density at radius 3 is 2.70 bits per heavy atom. The molecule has 2 rings (SSSR count). The molecule has 0 aliphatic carbocycles. The lowest BCUT2D eigenvalue weighted by atomic mass is 10.1. The van der Waals surface area contributed by atoms with Crippen molar-refractivity contribution in [2.24, 2.45) is 5.92 Å². The molecular formula is C14H21Cl3N2O. The van der Waals surface area contributed by atoms with Crippen LogP contribution in [-0.4, -0.2) is 44.7 Å². The van der Waals surface area contributed by atoms with Gasteiger partial charge in [0.25, 0.3) is 0 Å². The average molecular weight is 340 g/mol. The molecule has 114 valence electrons. The number of para-hydroxylation sites is 1. The molecule has 1 heterocycles. The zero-order valence-electron chi connectivity index (χ0n) is 11.6. The van der Waals surface area contributed by atoms with Gasteiger partial charge in [0.15, 0.2) is 5.75 Å². The third-order valence-electron chi connectivity index (χ3n) is 3.44. The van der Waals surface area contributed by atoms with Gasteiger partial charge >= 0.3 is 0 Å². The summed E-state index contributed by atoms with van der Waals surface area (Å²) in [7, 11) is 2.01. The summed E-state index contributed by atoms with van der Waals surface area (Å²) < 4.78 is 5.70. The Hall–Kier alpha value is -0.190. The Morgan fingerprint density at radius 1 is 1.35 bits per heavy atom. The fourth-order valence-electron chi connectivity index (χ4n) is 2.47. The molecule has 1 saturated heterocycles. The lowest BCUT2D eigenvalue weighted by molar-refractivity contribution is 0.233. The van der Waals surface area contributed by atoms with Crippen molar-refractivity contribution in [2.75, 3.05) is 39.8 Å². The zero-order valence-corrected chi connectivity index (χ0v) is 13.9. The summed E-state index contributed by atoms with van der Waals surface area (Å²) in [6, 6.07) is 5.41. The number of rotatable bonds is 6. The number of benzene rings is 1. The van der Waals surface area contributed by atoms with Gasteiger partial charge in [0.05, 0.1) is 10.0 Å². The van der Waals surface area contributed by atoms with Crippen molar-refractivity contribution in [3.05, 3.63) is 28.2 Å². The first kappa shape index (κ1) is 17.9. The van der Waals surface area contributed by atoms with Crippen LogP contribution < -0.4 is 10.1 Å². The molecule has 1 atom stereocenters. The Balaban J connectivity index is 0.00000200. The van der Waals surface area contributed by atoms with Crippen LogP contribution in [0.5, 0.6) is 5.75 Å². The maximum absolute atomic E-state index is 6.06. The van der Waals surface area contributed by atoms with Crippen LogP contribution in [0.2, 0.25) is 10.0 Å². The standard InChI is InChI=1S/C14H20Cl2N2O.ClH/c1-17-9-11-5-6-18(10-11)7-8-19-14-12(15)3-2-4-13(14)16;/h2-4,11,17H,5-10H2,1H3;1H. The van der Waals surface area contributed by atoms with Gasteiger partial charge in [-0.15, -0.1) is 12.4 Å². The smallest absolute Gasteiger partial charge is 0.156 e. The van der Waals surface area contributed by atoms with Crippen LogP contribution in [0.1, 0.15) is 6.42 Å². The number of nitrogens with zero attached hydrogens (tertiary/aromatic N) is 1. The van der Waals surface area contributed by atoms with Gasteiger partial charge in [0.1, 0.15) is 6.61 Å². The highest BCUT2D eigenvalue weighted by molar-refractivity contribution is 6.37. The average Bonchev–Trinajstić information content (AvgIpc) is 2.81. The predicted octanol–water partition coefficient (Wildman–Crippen LogP) is 3.34. The minimum absolute atomic E-state index is 0. The highest BCUT2D eigenvalue weighted by atomic mass is 35.5. The summed E-state index contributed by atoms with van der Waals surface area (Å²) in [5.41, 5.74) is 0. The predicted molar refractivity (Wildman–Crippen MR) is 87.7 cm³/mol. The van der Waals surface area contributed by atoms with Gasteiger partial charge in [-0.3, -0.25) is 4.90 Å².